The first-order valence-electron chi connectivity index (χ1n) is 6.88. The van der Waals surface area contributed by atoms with E-state index in [1.807, 2.05) is 6.07 Å². The third-order valence-electron chi connectivity index (χ3n) is 3.43. The van der Waals surface area contributed by atoms with Crippen molar-refractivity contribution in [2.24, 2.45) is 0 Å². The molecular weight excluding hydrogens is 314 g/mol. The standard InChI is InChI=1S/C17H15NO4S/c1-22-17-11-15(9-12-7-8-14(19)10-16(12)17)23(20,21)18-13-5-3-2-4-6-13/h2-11,18-19H,1H3. The molecule has 0 unspecified atom stereocenters. The van der Waals surface area contributed by atoms with E-state index in [0.717, 1.165) is 0 Å². The number of ether oxygens (including phenoxy) is 1. The lowest BCUT2D eigenvalue weighted by Crippen LogP contribution is -2.13. The Balaban J connectivity index is 2.10. The van der Waals surface area contributed by atoms with Gasteiger partial charge in [-0.3, -0.25) is 4.72 Å². The summed E-state index contributed by atoms with van der Waals surface area (Å²) in [6.45, 7) is 0. The molecule has 6 heteroatoms. The molecule has 0 aliphatic carbocycles. The van der Waals surface area contributed by atoms with Gasteiger partial charge in [0.15, 0.2) is 0 Å². The maximum absolute atomic E-state index is 12.6. The molecule has 3 aromatic rings. The van der Waals surface area contributed by atoms with Gasteiger partial charge in [0.2, 0.25) is 0 Å². The molecule has 0 radical (unpaired) electrons. The lowest BCUT2D eigenvalue weighted by atomic mass is 10.1. The van der Waals surface area contributed by atoms with Crippen LogP contribution in [-0.4, -0.2) is 20.6 Å². The number of anilines is 1. The largest absolute Gasteiger partial charge is 0.508 e. The van der Waals surface area contributed by atoms with Crippen molar-refractivity contribution in [2.45, 2.75) is 4.90 Å². The number of sulfonamides is 1. The lowest BCUT2D eigenvalue weighted by Gasteiger charge is -2.12. The third-order valence-corrected chi connectivity index (χ3v) is 4.79. The molecule has 0 amide bonds. The average molecular weight is 329 g/mol. The molecule has 0 spiro atoms. The zero-order valence-corrected chi connectivity index (χ0v) is 13.2. The van der Waals surface area contributed by atoms with E-state index >= 15 is 0 Å². The van der Waals surface area contributed by atoms with Gasteiger partial charge in [-0.15, -0.1) is 0 Å². The van der Waals surface area contributed by atoms with Crippen molar-refractivity contribution in [3.63, 3.8) is 0 Å². The Labute approximate surface area is 134 Å². The van der Waals surface area contributed by atoms with Crippen LogP contribution < -0.4 is 9.46 Å². The summed E-state index contributed by atoms with van der Waals surface area (Å²) in [5, 5.41) is 10.9. The molecule has 0 saturated heterocycles. The van der Waals surface area contributed by atoms with Crippen LogP contribution in [0.2, 0.25) is 0 Å². The van der Waals surface area contributed by atoms with Gasteiger partial charge in [0.25, 0.3) is 10.0 Å². The van der Waals surface area contributed by atoms with Crippen LogP contribution in [0.4, 0.5) is 5.69 Å². The number of rotatable bonds is 4. The van der Waals surface area contributed by atoms with Crippen molar-refractivity contribution >= 4 is 26.5 Å². The van der Waals surface area contributed by atoms with Crippen molar-refractivity contribution in [1.82, 2.24) is 0 Å². The molecule has 0 heterocycles. The van der Waals surface area contributed by atoms with E-state index in [1.165, 1.54) is 25.3 Å². The highest BCUT2D eigenvalue weighted by Crippen LogP contribution is 2.32. The second kappa shape index (κ2) is 5.81. The molecule has 118 valence electrons. The summed E-state index contributed by atoms with van der Waals surface area (Å²) in [6, 6.07) is 16.3. The summed E-state index contributed by atoms with van der Waals surface area (Å²) < 4.78 is 32.9. The van der Waals surface area contributed by atoms with Gasteiger partial charge in [0.05, 0.1) is 12.0 Å². The van der Waals surface area contributed by atoms with E-state index in [2.05, 4.69) is 4.72 Å². The quantitative estimate of drug-likeness (QED) is 0.769. The van der Waals surface area contributed by atoms with Gasteiger partial charge in [-0.1, -0.05) is 24.3 Å². The van der Waals surface area contributed by atoms with E-state index in [0.29, 0.717) is 22.2 Å². The zero-order valence-electron chi connectivity index (χ0n) is 12.4. The second-order valence-corrected chi connectivity index (χ2v) is 6.68. The number of aromatic hydroxyl groups is 1. The Bertz CT molecular complexity index is 953. The number of para-hydroxylation sites is 1. The Morgan fingerprint density at radius 1 is 1.00 bits per heavy atom. The van der Waals surface area contributed by atoms with E-state index < -0.39 is 10.0 Å². The van der Waals surface area contributed by atoms with Gasteiger partial charge in [0.1, 0.15) is 11.5 Å². The Hall–Kier alpha value is -2.73. The van der Waals surface area contributed by atoms with Crippen molar-refractivity contribution in [3.05, 3.63) is 60.7 Å². The normalized spacial score (nSPS) is 11.3. The van der Waals surface area contributed by atoms with Crippen LogP contribution >= 0.6 is 0 Å². The Morgan fingerprint density at radius 2 is 1.74 bits per heavy atom. The van der Waals surface area contributed by atoms with Crippen molar-refractivity contribution < 1.29 is 18.3 Å². The lowest BCUT2D eigenvalue weighted by molar-refractivity contribution is 0.418. The smallest absolute Gasteiger partial charge is 0.262 e. The van der Waals surface area contributed by atoms with E-state index in [-0.39, 0.29) is 10.6 Å². The van der Waals surface area contributed by atoms with Crippen LogP contribution in [-0.2, 0) is 10.0 Å². The fourth-order valence-electron chi connectivity index (χ4n) is 2.33. The average Bonchev–Trinajstić information content (AvgIpc) is 2.54. The van der Waals surface area contributed by atoms with Crippen LogP contribution in [0.5, 0.6) is 11.5 Å². The SMILES string of the molecule is COc1cc(S(=O)(=O)Nc2ccccc2)cc2ccc(O)cc12. The molecule has 3 rings (SSSR count). The summed E-state index contributed by atoms with van der Waals surface area (Å²) >= 11 is 0. The van der Waals surface area contributed by atoms with Crippen molar-refractivity contribution in [1.29, 1.82) is 0 Å². The summed E-state index contributed by atoms with van der Waals surface area (Å²) in [6.07, 6.45) is 0. The molecule has 0 bridgehead atoms. The fraction of sp³-hybridized carbons (Fsp3) is 0.0588. The fourth-order valence-corrected chi connectivity index (χ4v) is 3.44. The van der Waals surface area contributed by atoms with Gasteiger partial charge in [-0.2, -0.15) is 0 Å². The van der Waals surface area contributed by atoms with Crippen LogP contribution in [0.15, 0.2) is 65.6 Å². The molecule has 3 aromatic carbocycles. The molecule has 2 N–H and O–H groups in total. The van der Waals surface area contributed by atoms with Gasteiger partial charge < -0.3 is 9.84 Å². The third kappa shape index (κ3) is 3.07. The Morgan fingerprint density at radius 3 is 2.43 bits per heavy atom. The summed E-state index contributed by atoms with van der Waals surface area (Å²) in [5.41, 5.74) is 0.484. The first kappa shape index (κ1) is 15.2. The molecule has 23 heavy (non-hydrogen) atoms. The second-order valence-electron chi connectivity index (χ2n) is 5.00. The van der Waals surface area contributed by atoms with Crippen LogP contribution in [0.25, 0.3) is 10.8 Å². The summed E-state index contributed by atoms with van der Waals surface area (Å²) in [4.78, 5) is 0.0939. The number of hydrogen-bond donors (Lipinski definition) is 2. The van der Waals surface area contributed by atoms with Gasteiger partial charge in [-0.25, -0.2) is 8.42 Å². The predicted octanol–water partition coefficient (Wildman–Crippen LogP) is 3.35. The van der Waals surface area contributed by atoms with E-state index in [4.69, 9.17) is 4.74 Å². The monoisotopic (exact) mass is 329 g/mol. The number of phenolic OH excluding ortho intramolecular Hbond substituents is 1. The van der Waals surface area contributed by atoms with Crippen LogP contribution in [0.3, 0.4) is 0 Å². The van der Waals surface area contributed by atoms with E-state index in [9.17, 15) is 13.5 Å². The molecule has 0 atom stereocenters. The summed E-state index contributed by atoms with van der Waals surface area (Å²) in [7, 11) is -2.28. The molecule has 0 saturated carbocycles. The van der Waals surface area contributed by atoms with Crippen molar-refractivity contribution in [2.75, 3.05) is 11.8 Å². The van der Waals surface area contributed by atoms with Gasteiger partial charge >= 0.3 is 0 Å². The first-order valence-corrected chi connectivity index (χ1v) is 8.36. The number of benzene rings is 3. The maximum Gasteiger partial charge on any atom is 0.262 e. The van der Waals surface area contributed by atoms with Gasteiger partial charge in [-0.05, 0) is 35.7 Å². The maximum atomic E-state index is 12.6. The first-order chi connectivity index (χ1) is 11.0. The number of methoxy groups -OCH3 is 1. The number of fused-ring (bicyclic) bond motifs is 1. The molecule has 0 aliphatic heterocycles. The van der Waals surface area contributed by atoms with Gasteiger partial charge in [0, 0.05) is 17.1 Å². The minimum atomic E-state index is -3.74. The molecule has 5 nitrogen and oxygen atoms in total. The van der Waals surface area contributed by atoms with Crippen molar-refractivity contribution in [3.8, 4) is 11.5 Å². The van der Waals surface area contributed by atoms with Crippen LogP contribution in [0, 0.1) is 0 Å². The number of hydrogen-bond acceptors (Lipinski definition) is 4. The van der Waals surface area contributed by atoms with Crippen LogP contribution in [0.1, 0.15) is 0 Å². The molecule has 0 fully saturated rings. The highest BCUT2D eigenvalue weighted by molar-refractivity contribution is 7.92. The molecular formula is C17H15NO4S. The highest BCUT2D eigenvalue weighted by atomic mass is 32.2. The zero-order chi connectivity index (χ0) is 16.4. The molecule has 0 aliphatic rings. The highest BCUT2D eigenvalue weighted by Gasteiger charge is 2.17. The number of phenols is 1. The minimum Gasteiger partial charge on any atom is -0.508 e. The minimum absolute atomic E-state index is 0.0915. The number of nitrogens with one attached hydrogen (secondary N) is 1. The molecule has 0 aromatic heterocycles. The van der Waals surface area contributed by atoms with E-state index in [1.54, 1.807) is 36.4 Å². The topological polar surface area (TPSA) is 75.6 Å². The predicted molar refractivity (Wildman–Crippen MR) is 89.4 cm³/mol. The Kier molecular flexibility index (Phi) is 3.83. The summed E-state index contributed by atoms with van der Waals surface area (Å²) in [5.74, 6) is 0.473.